The maximum Gasteiger partial charge on any atom is 0.322 e. The highest BCUT2D eigenvalue weighted by molar-refractivity contribution is 7.80. The fourth-order valence-electron chi connectivity index (χ4n) is 4.46. The van der Waals surface area contributed by atoms with E-state index in [0.717, 1.165) is 0 Å². The maximum absolute atomic E-state index is 13.5. The molecular weight excluding hydrogens is 709 g/mol. The number of nitrogens with one attached hydrogen (secondary N) is 6. The Kier molecular flexibility index (Phi) is 20.6. The Balaban J connectivity index is 3.13. The number of thiol groups is 2. The van der Waals surface area contributed by atoms with E-state index in [0.29, 0.717) is 31.4 Å². The van der Waals surface area contributed by atoms with Crippen LogP contribution in [0.4, 0.5) is 0 Å². The van der Waals surface area contributed by atoms with E-state index in [2.05, 4.69) is 57.2 Å². The third-order valence-electron chi connectivity index (χ3n) is 7.42. The number of aliphatic carboxylic acids is 1. The van der Waals surface area contributed by atoms with E-state index < -0.39 is 96.7 Å². The smallest absolute Gasteiger partial charge is 0.322 e. The molecule has 0 bridgehead atoms. The van der Waals surface area contributed by atoms with Gasteiger partial charge in [-0.05, 0) is 43.0 Å². The Labute approximate surface area is 306 Å². The maximum atomic E-state index is 13.5. The van der Waals surface area contributed by atoms with Crippen molar-refractivity contribution in [1.82, 2.24) is 31.9 Å². The lowest BCUT2D eigenvalue weighted by Gasteiger charge is -2.27. The summed E-state index contributed by atoms with van der Waals surface area (Å²) in [5.41, 5.74) is 11.9. The number of rotatable bonds is 23. The standard InChI is InChI=1S/C31H50N8O10S2/c1-16(2)25(31(49)34-12-24(42)43)39-28(46)21(13-40)36-27(45)20(11-17-6-8-18(41)9-7-17)35-29(47)23(15-51)38-30(48)22(14-50)37-26(44)19(33)5-3-4-10-32/h6-9,16,19-23,25,40-41,50-51H,3-5,10-15,32-33H2,1-2H3,(H,34,49)(H,35,47)(H,36,45)(H,37,44)(H,38,48)(H,39,46)(H,42,43)/t19-,20-,21-,22-,23-,25-/m0/s1. The molecular formula is C31H50N8O10S2. The van der Waals surface area contributed by atoms with Crippen LogP contribution in [-0.4, -0.2) is 124 Å². The monoisotopic (exact) mass is 758 g/mol. The zero-order valence-corrected chi connectivity index (χ0v) is 30.3. The second-order valence-corrected chi connectivity index (χ2v) is 12.6. The summed E-state index contributed by atoms with van der Waals surface area (Å²) < 4.78 is 0. The van der Waals surface area contributed by atoms with Crippen LogP contribution < -0.4 is 43.4 Å². The van der Waals surface area contributed by atoms with E-state index in [4.69, 9.17) is 16.6 Å². The fourth-order valence-corrected chi connectivity index (χ4v) is 4.97. The van der Waals surface area contributed by atoms with Crippen LogP contribution in [0, 0.1) is 5.92 Å². The molecule has 286 valence electrons. The quantitative estimate of drug-likeness (QED) is 0.0383. The number of aromatic hydroxyl groups is 1. The Bertz CT molecular complexity index is 1340. The van der Waals surface area contributed by atoms with Crippen LogP contribution >= 0.6 is 25.3 Å². The number of carboxylic acid groups (broad SMARTS) is 1. The minimum atomic E-state index is -1.60. The number of carbonyl (C=O) groups is 7. The van der Waals surface area contributed by atoms with Gasteiger partial charge in [-0.3, -0.25) is 33.6 Å². The minimum Gasteiger partial charge on any atom is -0.508 e. The summed E-state index contributed by atoms with van der Waals surface area (Å²) in [6.45, 7) is 2.00. The van der Waals surface area contributed by atoms with E-state index >= 15 is 0 Å². The van der Waals surface area contributed by atoms with E-state index in [-0.39, 0.29) is 23.7 Å². The van der Waals surface area contributed by atoms with E-state index in [9.17, 15) is 43.8 Å². The molecule has 0 unspecified atom stereocenters. The van der Waals surface area contributed by atoms with Gasteiger partial charge in [0.1, 0.15) is 42.5 Å². The average Bonchev–Trinajstić information content (AvgIpc) is 3.09. The third-order valence-corrected chi connectivity index (χ3v) is 8.15. The van der Waals surface area contributed by atoms with Crippen LogP contribution in [0.1, 0.15) is 38.7 Å². The van der Waals surface area contributed by atoms with Crippen LogP contribution in [0.2, 0.25) is 0 Å². The molecule has 1 rings (SSSR count). The molecule has 0 radical (unpaired) electrons. The molecule has 0 aliphatic heterocycles. The van der Waals surface area contributed by atoms with Gasteiger partial charge in [-0.25, -0.2) is 0 Å². The first-order valence-corrected chi connectivity index (χ1v) is 17.4. The summed E-state index contributed by atoms with van der Waals surface area (Å²) in [5, 5.41) is 42.9. The number of aliphatic hydroxyl groups is 1. The summed E-state index contributed by atoms with van der Waals surface area (Å²) in [7, 11) is 0. The first-order valence-electron chi connectivity index (χ1n) is 16.2. The molecule has 0 spiro atoms. The lowest BCUT2D eigenvalue weighted by atomic mass is 10.0. The van der Waals surface area contributed by atoms with Crippen LogP contribution in [0.3, 0.4) is 0 Å². The molecule has 0 aliphatic rings. The number of hydrogen-bond donors (Lipinski definition) is 13. The van der Waals surface area contributed by atoms with E-state index in [1.54, 1.807) is 13.8 Å². The van der Waals surface area contributed by atoms with Crippen molar-refractivity contribution >= 4 is 66.7 Å². The van der Waals surface area contributed by atoms with Crippen LogP contribution in [0.5, 0.6) is 5.75 Å². The second kappa shape index (κ2) is 23.4. The molecule has 0 saturated heterocycles. The predicted molar refractivity (Wildman–Crippen MR) is 193 cm³/mol. The molecule has 6 amide bonds. The van der Waals surface area contributed by atoms with Crippen molar-refractivity contribution < 1.29 is 48.9 Å². The Morgan fingerprint density at radius 2 is 1.22 bits per heavy atom. The van der Waals surface area contributed by atoms with Crippen molar-refractivity contribution in [2.24, 2.45) is 17.4 Å². The molecule has 1 aromatic rings. The van der Waals surface area contributed by atoms with Crippen molar-refractivity contribution in [3.63, 3.8) is 0 Å². The number of benzene rings is 1. The number of carbonyl (C=O) groups excluding carboxylic acids is 6. The van der Waals surface area contributed by atoms with E-state index in [1.807, 2.05) is 0 Å². The van der Waals surface area contributed by atoms with Crippen molar-refractivity contribution in [3.05, 3.63) is 29.8 Å². The lowest BCUT2D eigenvalue weighted by Crippen LogP contribution is -2.61. The first-order chi connectivity index (χ1) is 24.1. The number of unbranched alkanes of at least 4 members (excludes halogenated alkanes) is 1. The van der Waals surface area contributed by atoms with Gasteiger partial charge >= 0.3 is 5.97 Å². The minimum absolute atomic E-state index is 0.0619. The van der Waals surface area contributed by atoms with Gasteiger partial charge in [0.15, 0.2) is 0 Å². The van der Waals surface area contributed by atoms with Gasteiger partial charge in [0.05, 0.1) is 12.6 Å². The second-order valence-electron chi connectivity index (χ2n) is 11.9. The van der Waals surface area contributed by atoms with Crippen molar-refractivity contribution in [3.8, 4) is 5.75 Å². The zero-order chi connectivity index (χ0) is 38.7. The molecule has 20 heteroatoms. The molecule has 0 heterocycles. The lowest BCUT2D eigenvalue weighted by molar-refractivity contribution is -0.139. The fraction of sp³-hybridized carbons (Fsp3) is 0.581. The molecule has 0 aliphatic carbocycles. The van der Waals surface area contributed by atoms with Crippen LogP contribution in [0.25, 0.3) is 0 Å². The molecule has 0 aromatic heterocycles. The van der Waals surface area contributed by atoms with Gasteiger partial charge in [-0.1, -0.05) is 32.4 Å². The van der Waals surface area contributed by atoms with Crippen molar-refractivity contribution in [2.75, 3.05) is 31.2 Å². The molecule has 0 fully saturated rings. The highest BCUT2D eigenvalue weighted by atomic mass is 32.1. The number of phenolic OH excluding ortho intramolecular Hbond substituents is 1. The van der Waals surface area contributed by atoms with Gasteiger partial charge < -0.3 is 58.7 Å². The van der Waals surface area contributed by atoms with Crippen LogP contribution in [0.15, 0.2) is 24.3 Å². The van der Waals surface area contributed by atoms with Crippen molar-refractivity contribution in [1.29, 1.82) is 0 Å². The summed E-state index contributed by atoms with van der Waals surface area (Å²) in [6, 6.07) is -1.94. The predicted octanol–water partition coefficient (Wildman–Crippen LogP) is -3.48. The molecule has 13 N–H and O–H groups in total. The molecule has 0 saturated carbocycles. The van der Waals surface area contributed by atoms with E-state index in [1.165, 1.54) is 24.3 Å². The number of nitrogens with two attached hydrogens (primary N) is 2. The number of amides is 6. The highest BCUT2D eigenvalue weighted by Gasteiger charge is 2.33. The van der Waals surface area contributed by atoms with Gasteiger partial charge in [0.25, 0.3) is 0 Å². The summed E-state index contributed by atoms with van der Waals surface area (Å²) in [5.74, 6) is -7.18. The van der Waals surface area contributed by atoms with Gasteiger partial charge in [0.2, 0.25) is 35.4 Å². The summed E-state index contributed by atoms with van der Waals surface area (Å²) in [4.78, 5) is 88.9. The normalized spacial score (nSPS) is 14.5. The molecule has 6 atom stereocenters. The van der Waals surface area contributed by atoms with Gasteiger partial charge in [-0.2, -0.15) is 25.3 Å². The Morgan fingerprint density at radius 1 is 0.725 bits per heavy atom. The highest BCUT2D eigenvalue weighted by Crippen LogP contribution is 2.12. The zero-order valence-electron chi connectivity index (χ0n) is 28.5. The first kappa shape index (κ1) is 44.9. The molecule has 18 nitrogen and oxygen atoms in total. The average molecular weight is 759 g/mol. The molecule has 1 aromatic carbocycles. The molecule has 51 heavy (non-hydrogen) atoms. The Hall–Kier alpha value is -4.11. The number of hydrogen-bond acceptors (Lipinski definition) is 13. The third kappa shape index (κ3) is 16.2. The number of aliphatic hydroxyl groups excluding tert-OH is 1. The van der Waals surface area contributed by atoms with Gasteiger partial charge in [-0.15, -0.1) is 0 Å². The summed E-state index contributed by atoms with van der Waals surface area (Å²) >= 11 is 8.29. The van der Waals surface area contributed by atoms with Crippen LogP contribution in [-0.2, 0) is 40.0 Å². The number of carboxylic acids is 1. The number of phenols is 1. The van der Waals surface area contributed by atoms with Crippen molar-refractivity contribution in [2.45, 2.75) is 75.8 Å². The van der Waals surface area contributed by atoms with Gasteiger partial charge in [0, 0.05) is 17.9 Å². The topological polar surface area (TPSA) is 304 Å². The Morgan fingerprint density at radius 3 is 1.71 bits per heavy atom. The SMILES string of the molecule is CC(C)[C@H](NC(=O)[C@H](CO)NC(=O)[C@H](Cc1ccc(O)cc1)NC(=O)[C@H](CS)NC(=O)[C@H](CS)NC(=O)[C@@H](N)CCCCN)C(=O)NCC(=O)O. The largest absolute Gasteiger partial charge is 0.508 e. The summed E-state index contributed by atoms with van der Waals surface area (Å²) in [6.07, 6.45) is 1.45.